The zero-order valence-corrected chi connectivity index (χ0v) is 21.1. The van der Waals surface area contributed by atoms with Crippen molar-refractivity contribution in [3.63, 3.8) is 0 Å². The van der Waals surface area contributed by atoms with E-state index in [4.69, 9.17) is 9.47 Å². The zero-order chi connectivity index (χ0) is 25.1. The Kier molecular flexibility index (Phi) is 6.22. The van der Waals surface area contributed by atoms with E-state index < -0.39 is 46.6 Å². The molecule has 8 nitrogen and oxygen atoms in total. The van der Waals surface area contributed by atoms with Gasteiger partial charge in [0.25, 0.3) is 0 Å². The van der Waals surface area contributed by atoms with E-state index in [0.29, 0.717) is 13.0 Å². The lowest BCUT2D eigenvalue weighted by Crippen LogP contribution is -2.61. The number of carbonyl (C=O) groups is 3. The normalized spacial score (nSPS) is 37.9. The van der Waals surface area contributed by atoms with Gasteiger partial charge in [0.1, 0.15) is 17.6 Å². The van der Waals surface area contributed by atoms with E-state index in [2.05, 4.69) is 0 Å². The topological polar surface area (TPSA) is 96.4 Å². The van der Waals surface area contributed by atoms with Gasteiger partial charge < -0.3 is 24.4 Å². The minimum absolute atomic E-state index is 0.105. The molecule has 0 aliphatic carbocycles. The molecule has 8 heteroatoms. The Bertz CT molecular complexity index is 921. The summed E-state index contributed by atoms with van der Waals surface area (Å²) in [5, 5.41) is 10.3. The lowest BCUT2D eigenvalue weighted by atomic mass is 9.74. The summed E-state index contributed by atoms with van der Waals surface area (Å²) >= 11 is 0. The largest absolute Gasteiger partial charge is 0.465 e. The number of esters is 1. The Balaban J connectivity index is 1.93. The van der Waals surface area contributed by atoms with E-state index in [1.165, 1.54) is 4.90 Å². The van der Waals surface area contributed by atoms with Gasteiger partial charge in [0, 0.05) is 12.1 Å². The van der Waals surface area contributed by atoms with Crippen LogP contribution in [0.25, 0.3) is 0 Å². The van der Waals surface area contributed by atoms with Crippen molar-refractivity contribution in [3.05, 3.63) is 24.3 Å². The summed E-state index contributed by atoms with van der Waals surface area (Å²) in [4.78, 5) is 45.0. The quantitative estimate of drug-likeness (QED) is 0.497. The van der Waals surface area contributed by atoms with Gasteiger partial charge in [-0.05, 0) is 46.5 Å². The molecule has 0 bridgehead atoms. The first-order chi connectivity index (χ1) is 15.9. The predicted molar refractivity (Wildman–Crippen MR) is 125 cm³/mol. The zero-order valence-electron chi connectivity index (χ0n) is 21.1. The van der Waals surface area contributed by atoms with Crippen LogP contribution in [-0.2, 0) is 23.9 Å². The number of carbonyl (C=O) groups excluding carboxylic acids is 3. The summed E-state index contributed by atoms with van der Waals surface area (Å²) in [7, 11) is 0. The molecule has 6 atom stereocenters. The summed E-state index contributed by atoms with van der Waals surface area (Å²) < 4.78 is 12.3. The van der Waals surface area contributed by atoms with Crippen molar-refractivity contribution in [2.75, 3.05) is 19.8 Å². The number of rotatable bonds is 3. The minimum Gasteiger partial charge on any atom is -0.465 e. The first kappa shape index (κ1) is 24.9. The molecular weight excluding hydrogens is 436 g/mol. The van der Waals surface area contributed by atoms with Gasteiger partial charge in [-0.25, -0.2) is 0 Å². The Morgan fingerprint density at radius 2 is 1.82 bits per heavy atom. The van der Waals surface area contributed by atoms with Crippen molar-refractivity contribution >= 4 is 17.8 Å². The van der Waals surface area contributed by atoms with Crippen molar-refractivity contribution in [3.8, 4) is 0 Å². The molecule has 2 fully saturated rings. The Morgan fingerprint density at radius 3 is 2.44 bits per heavy atom. The van der Waals surface area contributed by atoms with Gasteiger partial charge in [-0.1, -0.05) is 38.2 Å². The third-order valence-electron chi connectivity index (χ3n) is 7.81. The van der Waals surface area contributed by atoms with E-state index in [1.54, 1.807) is 11.8 Å². The highest BCUT2D eigenvalue weighted by Gasteiger charge is 2.75. The number of fused-ring (bicyclic) bond motifs is 2. The average Bonchev–Trinajstić information content (AvgIpc) is 3.07. The fourth-order valence-corrected chi connectivity index (χ4v) is 6.15. The van der Waals surface area contributed by atoms with Crippen LogP contribution < -0.4 is 0 Å². The molecule has 4 heterocycles. The first-order valence-electron chi connectivity index (χ1n) is 12.4. The number of allylic oxidation sites excluding steroid dienone is 1. The standard InChI is InChI=1S/C26H38N2O6/c1-16(2)17(15-29)28-20-22(31)27(24(3,4)5)13-10-12-26(20)18(21(28)30)19-23(32)33-14-9-7-8-11-25(19,6)34-26/h8,10-12,16-20,29H,7,9,13-15H2,1-6H3/b11-8-/t17-,18-,19+,20?,25-,26-/m0/s1. The molecule has 2 saturated heterocycles. The predicted octanol–water partition coefficient (Wildman–Crippen LogP) is 2.06. The Morgan fingerprint density at radius 1 is 1.12 bits per heavy atom. The van der Waals surface area contributed by atoms with Crippen LogP contribution in [0.3, 0.4) is 0 Å². The van der Waals surface area contributed by atoms with Crippen LogP contribution in [0, 0.1) is 17.8 Å². The van der Waals surface area contributed by atoms with Crippen LogP contribution >= 0.6 is 0 Å². The van der Waals surface area contributed by atoms with Crippen LogP contribution in [-0.4, -0.2) is 81.3 Å². The maximum Gasteiger partial charge on any atom is 0.313 e. The van der Waals surface area contributed by atoms with Crippen LogP contribution in [0.5, 0.6) is 0 Å². The van der Waals surface area contributed by atoms with E-state index in [-0.39, 0.29) is 30.9 Å². The van der Waals surface area contributed by atoms with E-state index in [9.17, 15) is 19.5 Å². The molecule has 0 radical (unpaired) electrons. The third-order valence-corrected chi connectivity index (χ3v) is 7.81. The van der Waals surface area contributed by atoms with Crippen molar-refractivity contribution in [1.29, 1.82) is 0 Å². The van der Waals surface area contributed by atoms with Gasteiger partial charge >= 0.3 is 5.97 Å². The second kappa shape index (κ2) is 8.48. The maximum absolute atomic E-state index is 14.2. The van der Waals surface area contributed by atoms with Crippen molar-refractivity contribution in [1.82, 2.24) is 9.80 Å². The minimum atomic E-state index is -1.33. The number of nitrogens with zero attached hydrogens (tertiary/aromatic N) is 2. The summed E-state index contributed by atoms with van der Waals surface area (Å²) in [5.74, 6) is -2.98. The lowest BCUT2D eigenvalue weighted by Gasteiger charge is -2.43. The Labute approximate surface area is 201 Å². The smallest absolute Gasteiger partial charge is 0.313 e. The highest BCUT2D eigenvalue weighted by Crippen LogP contribution is 2.58. The van der Waals surface area contributed by atoms with Gasteiger partial charge in [-0.15, -0.1) is 0 Å². The van der Waals surface area contributed by atoms with Crippen LogP contribution in [0.1, 0.15) is 54.4 Å². The third kappa shape index (κ3) is 3.61. The van der Waals surface area contributed by atoms with E-state index >= 15 is 0 Å². The molecule has 4 aliphatic heterocycles. The molecule has 4 aliphatic rings. The van der Waals surface area contributed by atoms with Crippen LogP contribution in [0.2, 0.25) is 0 Å². The fourth-order valence-electron chi connectivity index (χ4n) is 6.15. The molecule has 1 unspecified atom stereocenters. The van der Waals surface area contributed by atoms with Gasteiger partial charge in [0.2, 0.25) is 11.8 Å². The van der Waals surface area contributed by atoms with E-state index in [0.717, 1.165) is 6.42 Å². The molecule has 0 aromatic rings. The number of amides is 2. The van der Waals surface area contributed by atoms with Crippen molar-refractivity contribution in [2.24, 2.45) is 17.8 Å². The monoisotopic (exact) mass is 474 g/mol. The second-order valence-electron chi connectivity index (χ2n) is 11.5. The molecule has 1 N–H and O–H groups in total. The highest BCUT2D eigenvalue weighted by atomic mass is 16.6. The number of hydrogen-bond donors (Lipinski definition) is 1. The molecular formula is C26H38N2O6. The lowest BCUT2D eigenvalue weighted by molar-refractivity contribution is -0.163. The fraction of sp³-hybridized carbons (Fsp3) is 0.731. The summed E-state index contributed by atoms with van der Waals surface area (Å²) in [5.41, 5.74) is -2.92. The summed E-state index contributed by atoms with van der Waals surface area (Å²) in [6.07, 6.45) is 8.96. The molecule has 1 spiro atoms. The molecule has 2 amide bonds. The van der Waals surface area contributed by atoms with Gasteiger partial charge in [0.05, 0.1) is 30.8 Å². The molecule has 0 aromatic heterocycles. The van der Waals surface area contributed by atoms with Gasteiger partial charge in [-0.2, -0.15) is 0 Å². The van der Waals surface area contributed by atoms with E-state index in [1.807, 2.05) is 58.9 Å². The van der Waals surface area contributed by atoms with Gasteiger partial charge in [-0.3, -0.25) is 14.4 Å². The number of aliphatic hydroxyl groups is 1. The molecule has 34 heavy (non-hydrogen) atoms. The van der Waals surface area contributed by atoms with Crippen LogP contribution in [0.15, 0.2) is 24.3 Å². The van der Waals surface area contributed by atoms with Crippen LogP contribution in [0.4, 0.5) is 0 Å². The number of aliphatic hydroxyl groups excluding tert-OH is 1. The highest BCUT2D eigenvalue weighted by molar-refractivity contribution is 5.99. The first-order valence-corrected chi connectivity index (χ1v) is 12.4. The van der Waals surface area contributed by atoms with Gasteiger partial charge in [0.15, 0.2) is 0 Å². The number of likely N-dealkylation sites (tertiary alicyclic amines) is 1. The number of hydrogen-bond acceptors (Lipinski definition) is 6. The molecule has 0 aromatic carbocycles. The van der Waals surface area contributed by atoms with Crippen molar-refractivity contribution in [2.45, 2.75) is 83.2 Å². The SMILES string of the molecule is CC(C)[C@H](CO)N1C(=O)[C@@H]2[C@@H]3C(=O)OCCC/C=C\[C@]3(C)O[C@@]23C=CCN(C(C)(C)C)C(=O)C13. The molecule has 0 saturated carbocycles. The molecule has 4 rings (SSSR count). The van der Waals surface area contributed by atoms with Crippen molar-refractivity contribution < 1.29 is 29.0 Å². The maximum atomic E-state index is 14.2. The summed E-state index contributed by atoms with van der Waals surface area (Å²) in [6, 6.07) is -1.58. The average molecular weight is 475 g/mol. The Hall–Kier alpha value is -2.19. The number of cyclic esters (lactones) is 1. The number of ether oxygens (including phenoxy) is 2. The summed E-state index contributed by atoms with van der Waals surface area (Å²) in [6.45, 7) is 11.8. The molecule has 188 valence electrons. The second-order valence-corrected chi connectivity index (χ2v) is 11.5.